The first kappa shape index (κ1) is 29.3. The van der Waals surface area contributed by atoms with Gasteiger partial charge in [-0.2, -0.15) is 5.10 Å². The Kier molecular flexibility index (Phi) is 7.36. The lowest BCUT2D eigenvalue weighted by molar-refractivity contribution is -0.120. The number of alkyl halides is 2. The zero-order valence-electron chi connectivity index (χ0n) is 23.6. The Bertz CT molecular complexity index is 1840. The van der Waals surface area contributed by atoms with Gasteiger partial charge in [0.15, 0.2) is 11.6 Å². The lowest BCUT2D eigenvalue weighted by Gasteiger charge is -2.29. The number of fused-ring (bicyclic) bond motifs is 1. The molecule has 2 aliphatic rings. The number of carbonyl (C=O) groups is 2. The molecule has 0 spiro atoms. The summed E-state index contributed by atoms with van der Waals surface area (Å²) in [6, 6.07) is 3.43. The van der Waals surface area contributed by atoms with Crippen molar-refractivity contribution in [3.63, 3.8) is 0 Å². The number of nitrogens with zero attached hydrogens (tertiary/aromatic N) is 6. The predicted molar refractivity (Wildman–Crippen MR) is 158 cm³/mol. The van der Waals surface area contributed by atoms with Crippen molar-refractivity contribution in [2.24, 2.45) is 11.8 Å². The van der Waals surface area contributed by atoms with Crippen LogP contribution in [0.3, 0.4) is 0 Å². The van der Waals surface area contributed by atoms with Crippen LogP contribution in [0.2, 0.25) is 5.02 Å². The smallest absolute Gasteiger partial charge is 0.276 e. The molecule has 226 valence electrons. The number of nitrogens with one attached hydrogen (secondary N) is 1. The summed E-state index contributed by atoms with van der Waals surface area (Å²) in [5, 5.41) is 6.63. The van der Waals surface area contributed by atoms with Crippen molar-refractivity contribution in [2.45, 2.75) is 32.7 Å². The Hall–Kier alpha value is -4.78. The number of aromatic nitrogens is 5. The average molecular weight is 623 g/mol. The van der Waals surface area contributed by atoms with Gasteiger partial charge in [-0.3, -0.25) is 24.2 Å². The van der Waals surface area contributed by atoms with Crippen molar-refractivity contribution in [1.29, 1.82) is 0 Å². The molecule has 4 heterocycles. The van der Waals surface area contributed by atoms with Crippen LogP contribution in [0, 0.1) is 24.6 Å². The highest BCUT2D eigenvalue weighted by Crippen LogP contribution is 2.47. The second kappa shape index (κ2) is 11.1. The van der Waals surface area contributed by atoms with Crippen molar-refractivity contribution in [1.82, 2.24) is 24.7 Å². The van der Waals surface area contributed by atoms with E-state index in [-0.39, 0.29) is 45.9 Å². The third-order valence-corrected chi connectivity index (χ3v) is 8.38. The van der Waals surface area contributed by atoms with Gasteiger partial charge in [-0.15, -0.1) is 0 Å². The molecule has 1 aliphatic carbocycles. The number of halogens is 4. The zero-order chi connectivity index (χ0) is 31.4. The summed E-state index contributed by atoms with van der Waals surface area (Å²) >= 11 is 5.84. The molecular weight excluding hydrogens is 597 g/mol. The maximum Gasteiger partial charge on any atom is 0.276 e. The summed E-state index contributed by atoms with van der Waals surface area (Å²) in [6.45, 7) is 7.89. The Morgan fingerprint density at radius 3 is 2.68 bits per heavy atom. The zero-order valence-corrected chi connectivity index (χ0v) is 24.3. The van der Waals surface area contributed by atoms with Crippen molar-refractivity contribution in [3.05, 3.63) is 88.5 Å². The van der Waals surface area contributed by atoms with Crippen LogP contribution >= 0.6 is 11.6 Å². The van der Waals surface area contributed by atoms with Crippen LogP contribution in [-0.4, -0.2) is 43.1 Å². The van der Waals surface area contributed by atoms with Crippen LogP contribution in [0.1, 0.15) is 53.1 Å². The van der Waals surface area contributed by atoms with Crippen LogP contribution in [0.4, 0.5) is 30.4 Å². The van der Waals surface area contributed by atoms with Crippen molar-refractivity contribution in [2.75, 3.05) is 22.5 Å². The largest absolute Gasteiger partial charge is 0.396 e. The molecule has 0 unspecified atom stereocenters. The minimum absolute atomic E-state index is 0.0312. The molecule has 2 fully saturated rings. The van der Waals surface area contributed by atoms with Gasteiger partial charge in [-0.25, -0.2) is 23.1 Å². The number of carbonyl (C=O) groups excluding carboxylic acids is 2. The Morgan fingerprint density at radius 2 is 2.00 bits per heavy atom. The van der Waals surface area contributed by atoms with Gasteiger partial charge < -0.3 is 11.1 Å². The second-order valence-electron chi connectivity index (χ2n) is 10.9. The van der Waals surface area contributed by atoms with Crippen LogP contribution < -0.4 is 16.0 Å². The first-order chi connectivity index (χ1) is 20.9. The first-order valence-corrected chi connectivity index (χ1v) is 14.0. The van der Waals surface area contributed by atoms with Gasteiger partial charge in [-0.05, 0) is 43.9 Å². The van der Waals surface area contributed by atoms with Gasteiger partial charge >= 0.3 is 0 Å². The van der Waals surface area contributed by atoms with E-state index in [1.165, 1.54) is 13.1 Å². The number of pyridine rings is 1. The second-order valence-corrected chi connectivity index (χ2v) is 11.3. The van der Waals surface area contributed by atoms with Gasteiger partial charge in [-0.1, -0.05) is 29.8 Å². The summed E-state index contributed by atoms with van der Waals surface area (Å²) in [5.74, 6) is -1.31. The summed E-state index contributed by atoms with van der Waals surface area (Å²) in [4.78, 5) is 40.3. The van der Waals surface area contributed by atoms with Crippen LogP contribution in [-0.2, 0) is 4.79 Å². The Labute approximate surface area is 254 Å². The third-order valence-electron chi connectivity index (χ3n) is 8.08. The number of rotatable bonds is 7. The average Bonchev–Trinajstić information content (AvgIpc) is 3.54. The molecule has 1 aromatic carbocycles. The van der Waals surface area contributed by atoms with Crippen molar-refractivity contribution in [3.8, 4) is 11.3 Å². The quantitative estimate of drug-likeness (QED) is 0.251. The molecule has 3 aromatic heterocycles. The van der Waals surface area contributed by atoms with Crippen molar-refractivity contribution < 1.29 is 22.8 Å². The van der Waals surface area contributed by atoms with Gasteiger partial charge in [0.2, 0.25) is 5.91 Å². The Morgan fingerprint density at radius 1 is 1.23 bits per heavy atom. The number of hydrogen-bond acceptors (Lipinski definition) is 7. The summed E-state index contributed by atoms with van der Waals surface area (Å²) < 4.78 is 43.7. The molecule has 1 saturated carbocycles. The molecule has 3 N–H and O–H groups in total. The van der Waals surface area contributed by atoms with E-state index in [1.54, 1.807) is 28.0 Å². The highest BCUT2D eigenvalue weighted by molar-refractivity contribution is 6.31. The Balaban J connectivity index is 1.20. The number of anilines is 3. The molecule has 6 rings (SSSR count). The van der Waals surface area contributed by atoms with Gasteiger partial charge in [0.25, 0.3) is 12.3 Å². The molecule has 1 saturated heterocycles. The van der Waals surface area contributed by atoms with E-state index in [0.29, 0.717) is 23.7 Å². The number of amides is 2. The summed E-state index contributed by atoms with van der Waals surface area (Å²) in [6.07, 6.45) is 3.56. The molecule has 14 heteroatoms. The number of aryl methyl sites for hydroxylation is 1. The molecular formula is C30H26ClF3N8O2. The summed E-state index contributed by atoms with van der Waals surface area (Å²) in [5.41, 5.74) is 7.25. The van der Waals surface area contributed by atoms with E-state index < -0.39 is 29.3 Å². The van der Waals surface area contributed by atoms with Crippen LogP contribution in [0.15, 0.2) is 55.1 Å². The molecule has 4 aromatic rings. The monoisotopic (exact) mass is 622 g/mol. The van der Waals surface area contributed by atoms with Gasteiger partial charge in [0.05, 0.1) is 52.1 Å². The maximum atomic E-state index is 14.8. The highest BCUT2D eigenvalue weighted by Gasteiger charge is 2.49. The maximum absolute atomic E-state index is 14.8. The minimum Gasteiger partial charge on any atom is -0.396 e. The molecule has 0 radical (unpaired) electrons. The lowest BCUT2D eigenvalue weighted by atomic mass is 9.72. The standard InChI is InChI=1S/C30H26ClF3N8O2/c1-13-6-17-11-41(30(44)23(13)17)28-21(35)7-16(8-37-28)15(3)42-12-18(9-38-42)39-29(43)26-14(2)36-10-22(40-26)24-19(27(33)34)4-5-20(31)25(24)32/h4-5,7-10,12,15,17,23,27H,1,6,11,35H2,2-3H3,(H,39,43)/t15-,17+,23+/m0/s1. The van der Waals surface area contributed by atoms with Crippen molar-refractivity contribution >= 4 is 40.6 Å². The topological polar surface area (TPSA) is 132 Å². The molecule has 2 amide bonds. The fraction of sp³-hybridized carbons (Fsp3) is 0.267. The SMILES string of the molecule is C=C1C[C@@H]2CN(c3ncc([C@H](C)n4cc(NC(=O)c5nc(-c6c(C(F)F)ccc(Cl)c6F)cnc5C)cn4)cc3N)C(=O)[C@H]12. The number of benzene rings is 1. The molecule has 3 atom stereocenters. The molecule has 1 aliphatic heterocycles. The predicted octanol–water partition coefficient (Wildman–Crippen LogP) is 5.76. The van der Waals surface area contributed by atoms with E-state index in [2.05, 4.69) is 31.9 Å². The fourth-order valence-corrected chi connectivity index (χ4v) is 5.84. The number of nitrogen functional groups attached to an aromatic ring is 1. The van der Waals surface area contributed by atoms with E-state index in [9.17, 15) is 22.8 Å². The normalized spacial score (nSPS) is 18.4. The first-order valence-electron chi connectivity index (χ1n) is 13.6. The van der Waals surface area contributed by atoms with Gasteiger partial charge in [0.1, 0.15) is 5.69 Å². The number of nitrogens with two attached hydrogens (primary N) is 1. The fourth-order valence-electron chi connectivity index (χ4n) is 5.68. The van der Waals surface area contributed by atoms with Crippen LogP contribution in [0.5, 0.6) is 0 Å². The molecule has 44 heavy (non-hydrogen) atoms. The van der Waals surface area contributed by atoms with Crippen LogP contribution in [0.25, 0.3) is 11.3 Å². The molecule has 0 bridgehead atoms. The summed E-state index contributed by atoms with van der Waals surface area (Å²) in [7, 11) is 0. The lowest BCUT2D eigenvalue weighted by Crippen LogP contribution is -2.31. The van der Waals surface area contributed by atoms with Gasteiger partial charge in [0, 0.05) is 30.1 Å². The highest BCUT2D eigenvalue weighted by atomic mass is 35.5. The van der Waals surface area contributed by atoms with E-state index in [1.807, 2.05) is 6.92 Å². The third kappa shape index (κ3) is 4.96. The minimum atomic E-state index is -3.01. The molecule has 10 nitrogen and oxygen atoms in total. The van der Waals surface area contributed by atoms with E-state index >= 15 is 0 Å². The van der Waals surface area contributed by atoms with E-state index in [0.717, 1.165) is 35.9 Å². The van der Waals surface area contributed by atoms with E-state index in [4.69, 9.17) is 17.3 Å². The number of hydrogen-bond donors (Lipinski definition) is 2.